The van der Waals surface area contributed by atoms with Crippen LogP contribution in [0.15, 0.2) is 24.3 Å². The predicted molar refractivity (Wildman–Crippen MR) is 56.0 cm³/mol. The van der Waals surface area contributed by atoms with Crippen LogP contribution in [0.4, 0.5) is 4.79 Å². The second-order valence-electron chi connectivity index (χ2n) is 2.56. The van der Waals surface area contributed by atoms with Crippen LogP contribution in [0.25, 0.3) is 0 Å². The van der Waals surface area contributed by atoms with Gasteiger partial charge in [0.2, 0.25) is 0 Å². The zero-order valence-electron chi connectivity index (χ0n) is 8.73. The first-order valence-electron chi connectivity index (χ1n) is 4.28. The quantitative estimate of drug-likeness (QED) is 0.686. The van der Waals surface area contributed by atoms with Crippen molar-refractivity contribution in [2.45, 2.75) is 6.61 Å². The maximum absolute atomic E-state index is 9.26. The van der Waals surface area contributed by atoms with Crippen LogP contribution in [0.5, 0.6) is 5.75 Å². The molecule has 5 heteroatoms. The molecule has 0 fully saturated rings. The molecule has 0 saturated heterocycles. The van der Waals surface area contributed by atoms with Gasteiger partial charge >= 0.3 is 6.09 Å². The minimum Gasteiger partial charge on any atom is -0.497 e. The molecule has 84 valence electrons. The van der Waals surface area contributed by atoms with Crippen LogP contribution >= 0.6 is 0 Å². The molecule has 0 heterocycles. The van der Waals surface area contributed by atoms with Gasteiger partial charge in [0.1, 0.15) is 5.75 Å². The summed E-state index contributed by atoms with van der Waals surface area (Å²) in [6.45, 7) is 0.0667. The van der Waals surface area contributed by atoms with Crippen LogP contribution in [-0.4, -0.2) is 30.5 Å². The lowest BCUT2D eigenvalue weighted by atomic mass is 10.2. The van der Waals surface area contributed by atoms with E-state index >= 15 is 0 Å². The van der Waals surface area contributed by atoms with Crippen molar-refractivity contribution < 1.29 is 19.7 Å². The van der Waals surface area contributed by atoms with E-state index < -0.39 is 6.09 Å². The third kappa shape index (κ3) is 6.34. The van der Waals surface area contributed by atoms with Gasteiger partial charge in [0.15, 0.2) is 0 Å². The van der Waals surface area contributed by atoms with Crippen LogP contribution in [-0.2, 0) is 6.61 Å². The Morgan fingerprint density at radius 3 is 2.53 bits per heavy atom. The first-order valence-corrected chi connectivity index (χ1v) is 4.28. The fraction of sp³-hybridized carbons (Fsp3) is 0.300. The van der Waals surface area contributed by atoms with E-state index in [-0.39, 0.29) is 6.61 Å². The first-order chi connectivity index (χ1) is 7.13. The first kappa shape index (κ1) is 13.2. The van der Waals surface area contributed by atoms with E-state index in [4.69, 9.17) is 14.9 Å². The second-order valence-corrected chi connectivity index (χ2v) is 2.56. The number of hydrogen-bond donors (Lipinski definition) is 3. The standard InChI is InChI=1S/C8H10O2.C2H5NO2/c1-10-8-4-2-3-7(5-8)6-9;1-3-2(4)5/h2-5,9H,6H2,1H3;3H,1H3,(H,4,5). The van der Waals surface area contributed by atoms with Gasteiger partial charge in [0.05, 0.1) is 13.7 Å². The van der Waals surface area contributed by atoms with Crippen molar-refractivity contribution in [1.29, 1.82) is 0 Å². The maximum atomic E-state index is 9.26. The van der Waals surface area contributed by atoms with Crippen LogP contribution in [0.2, 0.25) is 0 Å². The Balaban J connectivity index is 0.000000336. The summed E-state index contributed by atoms with van der Waals surface area (Å²) >= 11 is 0. The highest BCUT2D eigenvalue weighted by atomic mass is 16.5. The summed E-state index contributed by atoms with van der Waals surface area (Å²) in [6.07, 6.45) is -0.995. The number of ether oxygens (including phenoxy) is 1. The number of nitrogens with one attached hydrogen (secondary N) is 1. The third-order valence-corrected chi connectivity index (χ3v) is 1.53. The molecule has 0 aromatic heterocycles. The van der Waals surface area contributed by atoms with Crippen LogP contribution < -0.4 is 10.1 Å². The highest BCUT2D eigenvalue weighted by Crippen LogP contribution is 2.11. The summed E-state index contributed by atoms with van der Waals surface area (Å²) in [4.78, 5) is 9.26. The summed E-state index contributed by atoms with van der Waals surface area (Å²) in [7, 11) is 2.96. The molecule has 1 aromatic carbocycles. The molecule has 0 spiro atoms. The number of carbonyl (C=O) groups is 1. The monoisotopic (exact) mass is 213 g/mol. The minimum atomic E-state index is -0.995. The summed E-state index contributed by atoms with van der Waals surface area (Å²) < 4.78 is 4.95. The Kier molecular flexibility index (Phi) is 6.74. The lowest BCUT2D eigenvalue weighted by Gasteiger charge is -1.99. The van der Waals surface area contributed by atoms with Gasteiger partial charge in [-0.1, -0.05) is 12.1 Å². The van der Waals surface area contributed by atoms with Gasteiger partial charge in [0.25, 0.3) is 0 Å². The minimum absolute atomic E-state index is 0.0667. The van der Waals surface area contributed by atoms with Crippen LogP contribution in [0, 0.1) is 0 Å². The molecule has 0 bridgehead atoms. The number of aliphatic hydroxyl groups is 1. The van der Waals surface area contributed by atoms with Crippen molar-refractivity contribution in [2.75, 3.05) is 14.2 Å². The van der Waals surface area contributed by atoms with E-state index in [0.717, 1.165) is 11.3 Å². The van der Waals surface area contributed by atoms with E-state index in [1.165, 1.54) is 7.05 Å². The number of methoxy groups -OCH3 is 1. The molecule has 0 aliphatic carbocycles. The van der Waals surface area contributed by atoms with Gasteiger partial charge in [-0.05, 0) is 17.7 Å². The van der Waals surface area contributed by atoms with E-state index in [2.05, 4.69) is 0 Å². The molecule has 1 amide bonds. The van der Waals surface area contributed by atoms with E-state index in [9.17, 15) is 4.79 Å². The normalized spacial score (nSPS) is 8.47. The lowest BCUT2D eigenvalue weighted by molar-refractivity contribution is 0.197. The Hall–Kier alpha value is -1.75. The van der Waals surface area contributed by atoms with E-state index in [1.54, 1.807) is 13.2 Å². The van der Waals surface area contributed by atoms with Gasteiger partial charge < -0.3 is 20.3 Å². The largest absolute Gasteiger partial charge is 0.497 e. The molecule has 1 aromatic rings. The zero-order chi connectivity index (χ0) is 11.7. The molecule has 0 saturated carbocycles. The van der Waals surface area contributed by atoms with Gasteiger partial charge in [-0.3, -0.25) is 0 Å². The Morgan fingerprint density at radius 1 is 1.53 bits per heavy atom. The summed E-state index contributed by atoms with van der Waals surface area (Å²) in [5.41, 5.74) is 0.874. The number of aliphatic hydroxyl groups excluding tert-OH is 1. The SMILES string of the molecule is CNC(=O)O.COc1cccc(CO)c1. The number of amides is 1. The van der Waals surface area contributed by atoms with Crippen molar-refractivity contribution >= 4 is 6.09 Å². The molecule has 1 rings (SSSR count). The molecule has 3 N–H and O–H groups in total. The Morgan fingerprint density at radius 2 is 2.13 bits per heavy atom. The highest BCUT2D eigenvalue weighted by molar-refractivity contribution is 5.63. The average Bonchev–Trinajstić information content (AvgIpc) is 2.29. The summed E-state index contributed by atoms with van der Waals surface area (Å²) in [5, 5.41) is 18.3. The molecule has 0 aliphatic rings. The van der Waals surface area contributed by atoms with Crippen molar-refractivity contribution in [3.05, 3.63) is 29.8 Å². The molecule has 15 heavy (non-hydrogen) atoms. The fourth-order valence-electron chi connectivity index (χ4n) is 0.771. The van der Waals surface area contributed by atoms with E-state index in [1.807, 2.05) is 23.5 Å². The molecule has 5 nitrogen and oxygen atoms in total. The summed E-state index contributed by atoms with van der Waals surface area (Å²) in [6, 6.07) is 7.35. The smallest absolute Gasteiger partial charge is 0.404 e. The molecular weight excluding hydrogens is 198 g/mol. The topological polar surface area (TPSA) is 78.8 Å². The van der Waals surface area contributed by atoms with Crippen LogP contribution in [0.1, 0.15) is 5.56 Å². The summed E-state index contributed by atoms with van der Waals surface area (Å²) in [5.74, 6) is 0.784. The lowest BCUT2D eigenvalue weighted by Crippen LogP contribution is -2.13. The average molecular weight is 213 g/mol. The van der Waals surface area contributed by atoms with E-state index in [0.29, 0.717) is 0 Å². The zero-order valence-corrected chi connectivity index (χ0v) is 8.73. The molecule has 0 radical (unpaired) electrons. The fourth-order valence-corrected chi connectivity index (χ4v) is 0.771. The molecular formula is C10H15NO4. The van der Waals surface area contributed by atoms with Crippen molar-refractivity contribution in [3.8, 4) is 5.75 Å². The number of hydrogen-bond acceptors (Lipinski definition) is 3. The Bertz CT molecular complexity index is 282. The van der Waals surface area contributed by atoms with Crippen molar-refractivity contribution in [3.63, 3.8) is 0 Å². The Labute approximate surface area is 88.3 Å². The van der Waals surface area contributed by atoms with Gasteiger partial charge in [-0.25, -0.2) is 4.79 Å². The van der Waals surface area contributed by atoms with Gasteiger partial charge in [-0.15, -0.1) is 0 Å². The number of rotatable bonds is 2. The predicted octanol–water partition coefficient (Wildman–Crippen LogP) is 1.07. The van der Waals surface area contributed by atoms with Crippen LogP contribution in [0.3, 0.4) is 0 Å². The van der Waals surface area contributed by atoms with Gasteiger partial charge in [0, 0.05) is 7.05 Å². The number of benzene rings is 1. The number of carboxylic acid groups (broad SMARTS) is 1. The van der Waals surface area contributed by atoms with Gasteiger partial charge in [-0.2, -0.15) is 0 Å². The molecule has 0 atom stereocenters. The highest BCUT2D eigenvalue weighted by Gasteiger charge is 1.91. The van der Waals surface area contributed by atoms with Crippen molar-refractivity contribution in [2.24, 2.45) is 0 Å². The third-order valence-electron chi connectivity index (χ3n) is 1.53. The van der Waals surface area contributed by atoms with Crippen molar-refractivity contribution in [1.82, 2.24) is 5.32 Å². The second kappa shape index (κ2) is 7.64. The maximum Gasteiger partial charge on any atom is 0.404 e. The molecule has 0 aliphatic heterocycles. The molecule has 0 unspecified atom stereocenters.